The molecule has 1 aliphatic heterocycles. The van der Waals surface area contributed by atoms with Crippen LogP contribution in [-0.4, -0.2) is 11.8 Å². The first-order valence-electron chi connectivity index (χ1n) is 4.97. The summed E-state index contributed by atoms with van der Waals surface area (Å²) in [6, 6.07) is 3.42. The minimum absolute atomic E-state index is 0.188. The van der Waals surface area contributed by atoms with E-state index in [-0.39, 0.29) is 5.82 Å². The van der Waals surface area contributed by atoms with Gasteiger partial charge in [0.2, 0.25) is 0 Å². The topological polar surface area (TPSA) is 12.0 Å². The number of anilines is 1. The van der Waals surface area contributed by atoms with Gasteiger partial charge >= 0.3 is 0 Å². The Labute approximate surface area is 102 Å². The van der Waals surface area contributed by atoms with Crippen molar-refractivity contribution >= 4 is 33.4 Å². The van der Waals surface area contributed by atoms with Crippen molar-refractivity contribution in [2.75, 3.05) is 11.9 Å². The molecule has 15 heavy (non-hydrogen) atoms. The third-order valence-corrected chi connectivity index (χ3v) is 4.75. The lowest BCUT2D eigenvalue weighted by Crippen LogP contribution is -2.25. The molecule has 4 heteroatoms. The molecule has 2 rings (SSSR count). The summed E-state index contributed by atoms with van der Waals surface area (Å²) in [7, 11) is 0. The predicted octanol–water partition coefficient (Wildman–Crippen LogP) is 4.13. The normalized spacial score (nSPS) is 19.9. The molecule has 0 radical (unpaired) electrons. The zero-order chi connectivity index (χ0) is 11.0. The van der Waals surface area contributed by atoms with Crippen LogP contribution in [0, 0.1) is 11.7 Å². The summed E-state index contributed by atoms with van der Waals surface area (Å²) in [5, 5.41) is 3.87. The summed E-state index contributed by atoms with van der Waals surface area (Å²) in [6.45, 7) is 5.34. The Hall–Kier alpha value is -0.220. The average molecular weight is 290 g/mol. The molecule has 1 N–H and O–H groups in total. The molecule has 1 nitrogen and oxygen atoms in total. The van der Waals surface area contributed by atoms with Gasteiger partial charge in [0.25, 0.3) is 0 Å². The van der Waals surface area contributed by atoms with Crippen LogP contribution in [0.4, 0.5) is 10.1 Å². The molecule has 1 unspecified atom stereocenters. The highest BCUT2D eigenvalue weighted by Crippen LogP contribution is 2.39. The second-order valence-corrected chi connectivity index (χ2v) is 6.18. The standard InChI is InChI=1S/C11H13BrFNS/c1-6(2)11-5-14-9-3-7(12)8(13)4-10(9)15-11/h3-4,6,11,14H,5H2,1-2H3. The van der Waals surface area contributed by atoms with Gasteiger partial charge in [-0.1, -0.05) is 13.8 Å². The summed E-state index contributed by atoms with van der Waals surface area (Å²) < 4.78 is 13.9. The molecular weight excluding hydrogens is 277 g/mol. The van der Waals surface area contributed by atoms with E-state index in [0.717, 1.165) is 17.1 Å². The maximum absolute atomic E-state index is 13.3. The van der Waals surface area contributed by atoms with Gasteiger partial charge in [0.15, 0.2) is 0 Å². The lowest BCUT2D eigenvalue weighted by atomic mass is 10.1. The van der Waals surface area contributed by atoms with Gasteiger partial charge in [-0.25, -0.2) is 4.39 Å². The van der Waals surface area contributed by atoms with E-state index in [0.29, 0.717) is 15.6 Å². The van der Waals surface area contributed by atoms with Crippen LogP contribution in [0.1, 0.15) is 13.8 Å². The van der Waals surface area contributed by atoms with Crippen LogP contribution in [0.2, 0.25) is 0 Å². The number of hydrogen-bond donors (Lipinski definition) is 1. The summed E-state index contributed by atoms with van der Waals surface area (Å²) in [5.41, 5.74) is 1.03. The Balaban J connectivity index is 2.30. The van der Waals surface area contributed by atoms with Gasteiger partial charge in [-0.3, -0.25) is 0 Å². The molecule has 1 aromatic carbocycles. The Bertz CT molecular complexity index is 381. The second kappa shape index (κ2) is 4.34. The Morgan fingerprint density at radius 1 is 1.53 bits per heavy atom. The van der Waals surface area contributed by atoms with Gasteiger partial charge in [0, 0.05) is 22.4 Å². The minimum atomic E-state index is -0.188. The minimum Gasteiger partial charge on any atom is -0.383 e. The van der Waals surface area contributed by atoms with E-state index in [2.05, 4.69) is 35.1 Å². The summed E-state index contributed by atoms with van der Waals surface area (Å²) in [5.74, 6) is 0.412. The molecule has 0 amide bonds. The van der Waals surface area contributed by atoms with E-state index in [1.165, 1.54) is 0 Å². The first kappa shape index (κ1) is 11.3. The van der Waals surface area contributed by atoms with Crippen LogP contribution in [-0.2, 0) is 0 Å². The van der Waals surface area contributed by atoms with Gasteiger partial charge in [-0.2, -0.15) is 0 Å². The smallest absolute Gasteiger partial charge is 0.138 e. The third-order valence-electron chi connectivity index (χ3n) is 2.54. The van der Waals surface area contributed by atoms with Gasteiger partial charge in [0.1, 0.15) is 5.82 Å². The fourth-order valence-corrected chi connectivity index (χ4v) is 3.09. The van der Waals surface area contributed by atoms with Crippen molar-refractivity contribution in [1.29, 1.82) is 0 Å². The summed E-state index contributed by atoms with van der Waals surface area (Å²) in [4.78, 5) is 1.01. The molecule has 0 spiro atoms. The number of thioether (sulfide) groups is 1. The highest BCUT2D eigenvalue weighted by molar-refractivity contribution is 9.10. The molecule has 0 fully saturated rings. The van der Waals surface area contributed by atoms with E-state index in [9.17, 15) is 4.39 Å². The molecule has 0 saturated heterocycles. The van der Waals surface area contributed by atoms with Crippen LogP contribution in [0.5, 0.6) is 0 Å². The molecule has 0 saturated carbocycles. The number of rotatable bonds is 1. The summed E-state index contributed by atoms with van der Waals surface area (Å²) >= 11 is 4.96. The van der Waals surface area contributed by atoms with Gasteiger partial charge < -0.3 is 5.32 Å². The average Bonchev–Trinajstić information content (AvgIpc) is 2.19. The number of hydrogen-bond acceptors (Lipinski definition) is 2. The summed E-state index contributed by atoms with van der Waals surface area (Å²) in [6.07, 6.45) is 0. The van der Waals surface area contributed by atoms with Crippen molar-refractivity contribution in [2.45, 2.75) is 24.0 Å². The molecular formula is C11H13BrFNS. The number of halogens is 2. The zero-order valence-electron chi connectivity index (χ0n) is 8.68. The maximum Gasteiger partial charge on any atom is 0.138 e. The van der Waals surface area contributed by atoms with Crippen LogP contribution in [0.25, 0.3) is 0 Å². The monoisotopic (exact) mass is 289 g/mol. The number of benzene rings is 1. The first-order valence-corrected chi connectivity index (χ1v) is 6.64. The fraction of sp³-hybridized carbons (Fsp3) is 0.455. The fourth-order valence-electron chi connectivity index (χ4n) is 1.55. The third kappa shape index (κ3) is 2.31. The number of nitrogens with one attached hydrogen (secondary N) is 1. The molecule has 1 heterocycles. The molecule has 0 bridgehead atoms. The number of fused-ring (bicyclic) bond motifs is 1. The quantitative estimate of drug-likeness (QED) is 0.834. The maximum atomic E-state index is 13.3. The van der Waals surface area contributed by atoms with Crippen molar-refractivity contribution in [2.24, 2.45) is 5.92 Å². The van der Waals surface area contributed by atoms with Crippen LogP contribution < -0.4 is 5.32 Å². The van der Waals surface area contributed by atoms with Crippen molar-refractivity contribution in [3.05, 3.63) is 22.4 Å². The van der Waals surface area contributed by atoms with Crippen LogP contribution in [0.15, 0.2) is 21.5 Å². The van der Waals surface area contributed by atoms with E-state index < -0.39 is 0 Å². The highest BCUT2D eigenvalue weighted by atomic mass is 79.9. The van der Waals surface area contributed by atoms with Crippen molar-refractivity contribution in [1.82, 2.24) is 0 Å². The van der Waals surface area contributed by atoms with Crippen molar-refractivity contribution < 1.29 is 4.39 Å². The lowest BCUT2D eigenvalue weighted by Gasteiger charge is -2.28. The molecule has 1 aliphatic rings. The first-order chi connectivity index (χ1) is 7.08. The SMILES string of the molecule is CC(C)C1CNc2cc(Br)c(F)cc2S1. The molecule has 1 aromatic rings. The Kier molecular flexibility index (Phi) is 3.26. The van der Waals surface area contributed by atoms with Gasteiger partial charge in [-0.15, -0.1) is 11.8 Å². The van der Waals surface area contributed by atoms with Gasteiger partial charge in [-0.05, 0) is 34.0 Å². The van der Waals surface area contributed by atoms with E-state index in [4.69, 9.17) is 0 Å². The molecule has 1 atom stereocenters. The van der Waals surface area contributed by atoms with Crippen LogP contribution >= 0.6 is 27.7 Å². The zero-order valence-corrected chi connectivity index (χ0v) is 11.1. The van der Waals surface area contributed by atoms with E-state index >= 15 is 0 Å². The second-order valence-electron chi connectivity index (χ2n) is 4.04. The van der Waals surface area contributed by atoms with Crippen molar-refractivity contribution in [3.63, 3.8) is 0 Å². The highest BCUT2D eigenvalue weighted by Gasteiger charge is 2.22. The van der Waals surface area contributed by atoms with E-state index in [1.807, 2.05) is 6.07 Å². The molecule has 0 aromatic heterocycles. The van der Waals surface area contributed by atoms with Gasteiger partial charge in [0.05, 0.1) is 4.47 Å². The Morgan fingerprint density at radius 2 is 2.27 bits per heavy atom. The predicted molar refractivity (Wildman–Crippen MR) is 67.1 cm³/mol. The molecule has 82 valence electrons. The van der Waals surface area contributed by atoms with Crippen LogP contribution in [0.3, 0.4) is 0 Å². The lowest BCUT2D eigenvalue weighted by molar-refractivity contribution is 0.608. The van der Waals surface area contributed by atoms with E-state index in [1.54, 1.807) is 17.8 Å². The largest absolute Gasteiger partial charge is 0.383 e. The van der Waals surface area contributed by atoms with Crippen molar-refractivity contribution in [3.8, 4) is 0 Å². The molecule has 0 aliphatic carbocycles. The Morgan fingerprint density at radius 3 is 2.93 bits per heavy atom.